The summed E-state index contributed by atoms with van der Waals surface area (Å²) in [7, 11) is 1.59. The van der Waals surface area contributed by atoms with Crippen molar-refractivity contribution in [1.29, 1.82) is 0 Å². The second kappa shape index (κ2) is 8.42. The Balaban J connectivity index is 2.12. The predicted molar refractivity (Wildman–Crippen MR) is 105 cm³/mol. The number of ether oxygens (including phenoxy) is 1. The highest BCUT2D eigenvalue weighted by Gasteiger charge is 2.10. The molecule has 0 bridgehead atoms. The SMILES string of the molecule is CCN(CC)c1ccc(NC(=O)Nc2cc(C)ccc2OC)c(C)c1. The lowest BCUT2D eigenvalue weighted by Crippen LogP contribution is -2.23. The predicted octanol–water partition coefficient (Wildman–Crippen LogP) is 4.80. The number of urea groups is 1. The van der Waals surface area contributed by atoms with E-state index in [9.17, 15) is 4.79 Å². The van der Waals surface area contributed by atoms with Gasteiger partial charge in [0.2, 0.25) is 0 Å². The fourth-order valence-electron chi connectivity index (χ4n) is 2.77. The zero-order valence-electron chi connectivity index (χ0n) is 15.6. The molecule has 0 atom stereocenters. The molecule has 2 amide bonds. The van der Waals surface area contributed by atoms with E-state index in [2.05, 4.69) is 35.4 Å². The largest absolute Gasteiger partial charge is 0.495 e. The Hall–Kier alpha value is -2.69. The fraction of sp³-hybridized carbons (Fsp3) is 0.350. The molecule has 2 aromatic carbocycles. The van der Waals surface area contributed by atoms with E-state index in [0.717, 1.165) is 35.6 Å². The molecular weight excluding hydrogens is 314 g/mol. The second-order valence-corrected chi connectivity index (χ2v) is 5.95. The molecule has 2 rings (SSSR count). The third kappa shape index (κ3) is 4.66. The Morgan fingerprint density at radius 2 is 1.68 bits per heavy atom. The molecule has 0 aromatic heterocycles. The summed E-state index contributed by atoms with van der Waals surface area (Å²) in [4.78, 5) is 14.6. The number of aryl methyl sites for hydroxylation is 2. The molecule has 2 aromatic rings. The molecule has 0 aliphatic rings. The van der Waals surface area contributed by atoms with Gasteiger partial charge in [-0.2, -0.15) is 0 Å². The molecule has 0 saturated heterocycles. The lowest BCUT2D eigenvalue weighted by Gasteiger charge is -2.22. The number of benzene rings is 2. The number of hydrogen-bond donors (Lipinski definition) is 2. The van der Waals surface area contributed by atoms with Crippen LogP contribution in [0.2, 0.25) is 0 Å². The minimum absolute atomic E-state index is 0.289. The maximum Gasteiger partial charge on any atom is 0.323 e. The van der Waals surface area contributed by atoms with Crippen molar-refractivity contribution in [3.8, 4) is 5.75 Å². The van der Waals surface area contributed by atoms with Crippen molar-refractivity contribution in [2.45, 2.75) is 27.7 Å². The van der Waals surface area contributed by atoms with E-state index >= 15 is 0 Å². The van der Waals surface area contributed by atoms with Gasteiger partial charge in [0.15, 0.2) is 0 Å². The first kappa shape index (κ1) is 18.6. The van der Waals surface area contributed by atoms with Crippen LogP contribution in [0.1, 0.15) is 25.0 Å². The van der Waals surface area contributed by atoms with E-state index < -0.39 is 0 Å². The van der Waals surface area contributed by atoms with Gasteiger partial charge >= 0.3 is 6.03 Å². The standard InChI is InChI=1S/C20H27N3O2/c1-6-23(7-2)16-9-10-17(15(4)13-16)21-20(24)22-18-12-14(3)8-11-19(18)25-5/h8-13H,6-7H2,1-5H3,(H2,21,22,24). The van der Waals surface area contributed by atoms with E-state index in [-0.39, 0.29) is 6.03 Å². The first-order valence-electron chi connectivity index (χ1n) is 8.56. The Bertz CT molecular complexity index is 740. The van der Waals surface area contributed by atoms with E-state index in [1.54, 1.807) is 7.11 Å². The number of amides is 2. The summed E-state index contributed by atoms with van der Waals surface area (Å²) in [5.41, 5.74) is 4.68. The van der Waals surface area contributed by atoms with Crippen molar-refractivity contribution in [3.05, 3.63) is 47.5 Å². The number of nitrogens with one attached hydrogen (secondary N) is 2. The molecule has 0 radical (unpaired) electrons. The van der Waals surface area contributed by atoms with Crippen LogP contribution in [0, 0.1) is 13.8 Å². The topological polar surface area (TPSA) is 53.6 Å². The summed E-state index contributed by atoms with van der Waals surface area (Å²) in [5.74, 6) is 0.634. The zero-order valence-corrected chi connectivity index (χ0v) is 15.6. The van der Waals surface area contributed by atoms with Gasteiger partial charge in [0, 0.05) is 24.5 Å². The average Bonchev–Trinajstić information content (AvgIpc) is 2.58. The molecule has 0 saturated carbocycles. The lowest BCUT2D eigenvalue weighted by molar-refractivity contribution is 0.262. The molecule has 0 heterocycles. The van der Waals surface area contributed by atoms with Crippen LogP contribution in [-0.2, 0) is 0 Å². The van der Waals surface area contributed by atoms with Gasteiger partial charge in [0.05, 0.1) is 12.8 Å². The molecule has 134 valence electrons. The van der Waals surface area contributed by atoms with Gasteiger partial charge in [0.25, 0.3) is 0 Å². The number of carbonyl (C=O) groups is 1. The molecule has 5 heteroatoms. The normalized spacial score (nSPS) is 10.3. The number of nitrogens with zero attached hydrogens (tertiary/aromatic N) is 1. The van der Waals surface area contributed by atoms with Crippen molar-refractivity contribution >= 4 is 23.1 Å². The van der Waals surface area contributed by atoms with Crippen molar-refractivity contribution in [2.75, 3.05) is 35.7 Å². The summed E-state index contributed by atoms with van der Waals surface area (Å²) in [6.45, 7) is 10.1. The number of rotatable bonds is 6. The maximum absolute atomic E-state index is 12.4. The first-order chi connectivity index (χ1) is 12.0. The van der Waals surface area contributed by atoms with Gasteiger partial charge in [-0.25, -0.2) is 4.79 Å². The van der Waals surface area contributed by atoms with Crippen LogP contribution in [0.15, 0.2) is 36.4 Å². The molecule has 2 N–H and O–H groups in total. The fourth-order valence-corrected chi connectivity index (χ4v) is 2.77. The minimum Gasteiger partial charge on any atom is -0.495 e. The Kier molecular flexibility index (Phi) is 6.28. The van der Waals surface area contributed by atoms with Crippen LogP contribution >= 0.6 is 0 Å². The summed E-state index contributed by atoms with van der Waals surface area (Å²) in [6, 6.07) is 11.4. The number of anilines is 3. The van der Waals surface area contributed by atoms with E-state index in [4.69, 9.17) is 4.74 Å². The highest BCUT2D eigenvalue weighted by Crippen LogP contribution is 2.26. The minimum atomic E-state index is -0.289. The number of methoxy groups -OCH3 is 1. The van der Waals surface area contributed by atoms with Crippen molar-refractivity contribution in [2.24, 2.45) is 0 Å². The third-order valence-corrected chi connectivity index (χ3v) is 4.19. The molecule has 5 nitrogen and oxygen atoms in total. The van der Waals surface area contributed by atoms with Crippen LogP contribution in [0.4, 0.5) is 21.9 Å². The highest BCUT2D eigenvalue weighted by molar-refractivity contribution is 6.01. The third-order valence-electron chi connectivity index (χ3n) is 4.19. The van der Waals surface area contributed by atoms with Gasteiger partial charge < -0.3 is 20.3 Å². The Labute approximate surface area is 150 Å². The lowest BCUT2D eigenvalue weighted by atomic mass is 10.1. The summed E-state index contributed by atoms with van der Waals surface area (Å²) >= 11 is 0. The van der Waals surface area contributed by atoms with E-state index in [1.165, 1.54) is 0 Å². The summed E-state index contributed by atoms with van der Waals surface area (Å²) in [5, 5.41) is 5.76. The Morgan fingerprint density at radius 1 is 1.00 bits per heavy atom. The zero-order chi connectivity index (χ0) is 18.4. The van der Waals surface area contributed by atoms with Crippen LogP contribution < -0.4 is 20.3 Å². The van der Waals surface area contributed by atoms with E-state index in [0.29, 0.717) is 11.4 Å². The Morgan fingerprint density at radius 3 is 2.28 bits per heavy atom. The second-order valence-electron chi connectivity index (χ2n) is 5.95. The smallest absolute Gasteiger partial charge is 0.323 e. The maximum atomic E-state index is 12.4. The van der Waals surface area contributed by atoms with Crippen LogP contribution in [0.3, 0.4) is 0 Å². The van der Waals surface area contributed by atoms with E-state index in [1.807, 2.05) is 44.2 Å². The molecule has 0 aliphatic carbocycles. The summed E-state index contributed by atoms with van der Waals surface area (Å²) < 4.78 is 5.29. The average molecular weight is 341 g/mol. The van der Waals surface area contributed by atoms with Crippen molar-refractivity contribution in [3.63, 3.8) is 0 Å². The van der Waals surface area contributed by atoms with Crippen molar-refractivity contribution in [1.82, 2.24) is 0 Å². The quantitative estimate of drug-likeness (QED) is 0.793. The molecule has 0 fully saturated rings. The van der Waals surface area contributed by atoms with Gasteiger partial charge in [-0.05, 0) is 69.2 Å². The number of carbonyl (C=O) groups excluding carboxylic acids is 1. The van der Waals surface area contributed by atoms with Crippen LogP contribution in [-0.4, -0.2) is 26.2 Å². The van der Waals surface area contributed by atoms with Gasteiger partial charge in [-0.3, -0.25) is 0 Å². The highest BCUT2D eigenvalue weighted by atomic mass is 16.5. The molecular formula is C20H27N3O2. The van der Waals surface area contributed by atoms with Gasteiger partial charge in [0.1, 0.15) is 5.75 Å². The monoisotopic (exact) mass is 341 g/mol. The number of hydrogen-bond acceptors (Lipinski definition) is 3. The van der Waals surface area contributed by atoms with Crippen molar-refractivity contribution < 1.29 is 9.53 Å². The van der Waals surface area contributed by atoms with Gasteiger partial charge in [-0.15, -0.1) is 0 Å². The van der Waals surface area contributed by atoms with Crippen LogP contribution in [0.25, 0.3) is 0 Å². The molecule has 0 spiro atoms. The summed E-state index contributed by atoms with van der Waals surface area (Å²) in [6.07, 6.45) is 0. The van der Waals surface area contributed by atoms with Gasteiger partial charge in [-0.1, -0.05) is 6.07 Å². The van der Waals surface area contributed by atoms with Crippen LogP contribution in [0.5, 0.6) is 5.75 Å². The molecule has 0 unspecified atom stereocenters. The first-order valence-corrected chi connectivity index (χ1v) is 8.56. The molecule has 0 aliphatic heterocycles. The molecule has 25 heavy (non-hydrogen) atoms.